The van der Waals surface area contributed by atoms with E-state index in [1.54, 1.807) is 31.4 Å². The summed E-state index contributed by atoms with van der Waals surface area (Å²) in [5.74, 6) is 0.808. The van der Waals surface area contributed by atoms with E-state index in [-0.39, 0.29) is 11.7 Å². The summed E-state index contributed by atoms with van der Waals surface area (Å²) in [4.78, 5) is 25.2. The van der Waals surface area contributed by atoms with Gasteiger partial charge in [0.25, 0.3) is 5.91 Å². The molecule has 0 atom stereocenters. The van der Waals surface area contributed by atoms with E-state index >= 15 is 0 Å². The molecule has 0 fully saturated rings. The molecule has 2 heterocycles. The molecule has 30 heavy (non-hydrogen) atoms. The number of hydrogen-bond donors (Lipinski definition) is 3. The van der Waals surface area contributed by atoms with Gasteiger partial charge in [0.2, 0.25) is 0 Å². The summed E-state index contributed by atoms with van der Waals surface area (Å²) >= 11 is 0. The Hall–Kier alpha value is -4.00. The van der Waals surface area contributed by atoms with Crippen LogP contribution in [0.2, 0.25) is 0 Å². The van der Waals surface area contributed by atoms with Crippen molar-refractivity contribution in [2.75, 3.05) is 18.9 Å². The fourth-order valence-electron chi connectivity index (χ4n) is 3.34. The number of pyridine rings is 1. The Balaban J connectivity index is 1.50. The zero-order valence-corrected chi connectivity index (χ0v) is 16.5. The molecule has 2 aromatic heterocycles. The first-order chi connectivity index (χ1) is 14.7. The number of phenols is 1. The van der Waals surface area contributed by atoms with Crippen molar-refractivity contribution in [3.8, 4) is 17.0 Å². The van der Waals surface area contributed by atoms with Gasteiger partial charge in [0.05, 0.1) is 16.8 Å². The molecule has 0 saturated heterocycles. The average Bonchev–Trinajstić information content (AvgIpc) is 2.79. The Kier molecular flexibility index (Phi) is 5.52. The second kappa shape index (κ2) is 8.57. The Morgan fingerprint density at radius 3 is 2.67 bits per heavy atom. The van der Waals surface area contributed by atoms with Crippen molar-refractivity contribution in [2.24, 2.45) is 0 Å². The molecule has 4 rings (SSSR count). The van der Waals surface area contributed by atoms with Gasteiger partial charge in [-0.05, 0) is 42.3 Å². The molecule has 0 bridgehead atoms. The van der Waals surface area contributed by atoms with Gasteiger partial charge in [0.1, 0.15) is 17.9 Å². The maximum atomic E-state index is 12.1. The van der Waals surface area contributed by atoms with Gasteiger partial charge in [0.15, 0.2) is 0 Å². The minimum atomic E-state index is -0.125. The van der Waals surface area contributed by atoms with Gasteiger partial charge in [-0.1, -0.05) is 18.2 Å². The highest BCUT2D eigenvalue weighted by molar-refractivity contribution is 6.06. The molecule has 0 aliphatic carbocycles. The molecule has 0 aliphatic heterocycles. The van der Waals surface area contributed by atoms with Crippen LogP contribution in [0.5, 0.6) is 5.75 Å². The number of para-hydroxylation sites is 1. The molecule has 7 heteroatoms. The molecule has 0 aliphatic rings. The molecule has 7 nitrogen and oxygen atoms in total. The van der Waals surface area contributed by atoms with Crippen LogP contribution in [0.1, 0.15) is 15.9 Å². The predicted molar refractivity (Wildman–Crippen MR) is 116 cm³/mol. The van der Waals surface area contributed by atoms with Gasteiger partial charge < -0.3 is 15.7 Å². The summed E-state index contributed by atoms with van der Waals surface area (Å²) in [6.07, 6.45) is 3.90. The lowest BCUT2D eigenvalue weighted by molar-refractivity contribution is 0.0964. The summed E-state index contributed by atoms with van der Waals surface area (Å²) in [5, 5.41) is 16.3. The molecular formula is C23H21N5O2. The van der Waals surface area contributed by atoms with Crippen molar-refractivity contribution < 1.29 is 9.90 Å². The smallest absolute Gasteiger partial charge is 0.251 e. The van der Waals surface area contributed by atoms with Crippen LogP contribution in [0.3, 0.4) is 0 Å². The van der Waals surface area contributed by atoms with E-state index < -0.39 is 0 Å². The van der Waals surface area contributed by atoms with Crippen LogP contribution in [0.4, 0.5) is 5.82 Å². The number of rotatable bonds is 6. The second-order valence-corrected chi connectivity index (χ2v) is 6.76. The number of carbonyl (C=O) groups excluding carboxylic acids is 1. The minimum absolute atomic E-state index is 0.125. The number of amides is 1. The zero-order chi connectivity index (χ0) is 20.9. The van der Waals surface area contributed by atoms with Gasteiger partial charge in [-0.25, -0.2) is 9.97 Å². The van der Waals surface area contributed by atoms with Crippen molar-refractivity contribution in [1.29, 1.82) is 0 Å². The summed E-state index contributed by atoms with van der Waals surface area (Å²) in [6.45, 7) is 0.650. The molecule has 0 saturated carbocycles. The molecule has 0 spiro atoms. The number of aromatic hydroxyl groups is 1. The third kappa shape index (κ3) is 4.05. The van der Waals surface area contributed by atoms with E-state index in [2.05, 4.69) is 25.6 Å². The van der Waals surface area contributed by atoms with E-state index in [0.29, 0.717) is 17.9 Å². The maximum absolute atomic E-state index is 12.1. The van der Waals surface area contributed by atoms with E-state index in [0.717, 1.165) is 34.1 Å². The third-order valence-corrected chi connectivity index (χ3v) is 4.86. The lowest BCUT2D eigenvalue weighted by Crippen LogP contribution is -2.18. The Bertz CT molecular complexity index is 1190. The van der Waals surface area contributed by atoms with Crippen molar-refractivity contribution in [1.82, 2.24) is 20.3 Å². The van der Waals surface area contributed by atoms with E-state index in [1.165, 1.54) is 6.33 Å². The Labute approximate surface area is 173 Å². The highest BCUT2D eigenvalue weighted by Crippen LogP contribution is 2.23. The SMILES string of the molecule is CNC(=O)c1ccnc2c(CCNc3cc(-c4ccc(O)cc4)ncn3)cccc12. The van der Waals surface area contributed by atoms with E-state index in [4.69, 9.17) is 0 Å². The van der Waals surface area contributed by atoms with Crippen LogP contribution in [-0.4, -0.2) is 39.6 Å². The predicted octanol–water partition coefficient (Wildman–Crippen LogP) is 3.41. The summed E-state index contributed by atoms with van der Waals surface area (Å²) in [5.41, 5.74) is 4.17. The zero-order valence-electron chi connectivity index (χ0n) is 16.5. The van der Waals surface area contributed by atoms with Crippen molar-refractivity contribution in [3.05, 3.63) is 78.2 Å². The molecule has 0 radical (unpaired) electrons. The molecular weight excluding hydrogens is 378 g/mol. The van der Waals surface area contributed by atoms with Crippen LogP contribution < -0.4 is 10.6 Å². The number of phenolic OH excluding ortho intramolecular Hbond substituents is 1. The van der Waals surface area contributed by atoms with Crippen molar-refractivity contribution in [2.45, 2.75) is 6.42 Å². The number of nitrogens with one attached hydrogen (secondary N) is 2. The van der Waals surface area contributed by atoms with Gasteiger partial charge in [-0.3, -0.25) is 9.78 Å². The topological polar surface area (TPSA) is 100 Å². The van der Waals surface area contributed by atoms with Gasteiger partial charge in [0, 0.05) is 36.8 Å². The number of hydrogen-bond acceptors (Lipinski definition) is 6. The lowest BCUT2D eigenvalue weighted by Gasteiger charge is -2.10. The fourth-order valence-corrected chi connectivity index (χ4v) is 3.34. The highest BCUT2D eigenvalue weighted by atomic mass is 16.3. The van der Waals surface area contributed by atoms with Crippen molar-refractivity contribution in [3.63, 3.8) is 0 Å². The molecule has 1 amide bonds. The number of benzene rings is 2. The van der Waals surface area contributed by atoms with Gasteiger partial charge >= 0.3 is 0 Å². The van der Waals surface area contributed by atoms with Crippen LogP contribution in [-0.2, 0) is 6.42 Å². The van der Waals surface area contributed by atoms with Crippen LogP contribution in [0, 0.1) is 0 Å². The third-order valence-electron chi connectivity index (χ3n) is 4.86. The molecule has 150 valence electrons. The molecule has 4 aromatic rings. The largest absolute Gasteiger partial charge is 0.508 e. The summed E-state index contributed by atoms with van der Waals surface area (Å²) in [7, 11) is 1.62. The van der Waals surface area contributed by atoms with E-state index in [9.17, 15) is 9.90 Å². The number of aromatic nitrogens is 3. The van der Waals surface area contributed by atoms with Gasteiger partial charge in [-0.15, -0.1) is 0 Å². The number of carbonyl (C=O) groups is 1. The van der Waals surface area contributed by atoms with Crippen LogP contribution in [0.25, 0.3) is 22.2 Å². The summed E-state index contributed by atoms with van der Waals surface area (Å²) in [6, 6.07) is 16.4. The standard InChI is InChI=1S/C23H21N5O2/c1-24-23(30)19-10-12-26-22-16(3-2-4-18(19)22)9-11-25-21-13-20(27-14-28-21)15-5-7-17(29)8-6-15/h2-8,10,12-14,29H,9,11H2,1H3,(H,24,30)(H,25,27,28). The monoisotopic (exact) mass is 399 g/mol. The lowest BCUT2D eigenvalue weighted by atomic mass is 10.0. The first-order valence-corrected chi connectivity index (χ1v) is 9.59. The van der Waals surface area contributed by atoms with Crippen molar-refractivity contribution >= 4 is 22.6 Å². The average molecular weight is 399 g/mol. The fraction of sp³-hybridized carbons (Fsp3) is 0.130. The van der Waals surface area contributed by atoms with Gasteiger partial charge in [-0.2, -0.15) is 0 Å². The quantitative estimate of drug-likeness (QED) is 0.459. The second-order valence-electron chi connectivity index (χ2n) is 6.76. The summed E-state index contributed by atoms with van der Waals surface area (Å²) < 4.78 is 0. The minimum Gasteiger partial charge on any atom is -0.508 e. The number of nitrogens with zero attached hydrogens (tertiary/aromatic N) is 3. The Morgan fingerprint density at radius 2 is 1.87 bits per heavy atom. The first-order valence-electron chi connectivity index (χ1n) is 9.59. The van der Waals surface area contributed by atoms with Crippen LogP contribution >= 0.6 is 0 Å². The molecule has 0 unspecified atom stereocenters. The molecule has 3 N–H and O–H groups in total. The normalized spacial score (nSPS) is 10.7. The Morgan fingerprint density at radius 1 is 1.03 bits per heavy atom. The number of fused-ring (bicyclic) bond motifs is 1. The molecule has 2 aromatic carbocycles. The highest BCUT2D eigenvalue weighted by Gasteiger charge is 2.11. The maximum Gasteiger partial charge on any atom is 0.251 e. The van der Waals surface area contributed by atoms with Crippen LogP contribution in [0.15, 0.2) is 67.1 Å². The number of anilines is 1. The van der Waals surface area contributed by atoms with E-state index in [1.807, 2.05) is 36.4 Å². The first kappa shape index (κ1) is 19.3.